The summed E-state index contributed by atoms with van der Waals surface area (Å²) in [6.07, 6.45) is 3.04. The second-order valence-corrected chi connectivity index (χ2v) is 8.39. The summed E-state index contributed by atoms with van der Waals surface area (Å²) in [5.74, 6) is 1.13. The van der Waals surface area contributed by atoms with E-state index in [4.69, 9.17) is 14.2 Å². The van der Waals surface area contributed by atoms with Gasteiger partial charge in [-0.1, -0.05) is 26.3 Å². The van der Waals surface area contributed by atoms with Crippen molar-refractivity contribution in [1.29, 1.82) is 0 Å². The molecule has 0 unspecified atom stereocenters. The van der Waals surface area contributed by atoms with Crippen LogP contribution < -0.4 is 73.3 Å². The Morgan fingerprint density at radius 3 is 2.18 bits per heavy atom. The first kappa shape index (κ1) is 34.0. The number of aromatic carboxylic acids is 1. The molecule has 38 heavy (non-hydrogen) atoms. The fraction of sp³-hybridized carbons (Fsp3) is 0.310. The van der Waals surface area contributed by atoms with E-state index in [-0.39, 0.29) is 79.1 Å². The molecule has 9 heteroatoms. The molecule has 0 heterocycles. The van der Waals surface area contributed by atoms with Crippen LogP contribution in [-0.4, -0.2) is 35.2 Å². The van der Waals surface area contributed by atoms with E-state index >= 15 is 0 Å². The van der Waals surface area contributed by atoms with Crippen LogP contribution in [0.2, 0.25) is 0 Å². The van der Waals surface area contributed by atoms with Gasteiger partial charge in [0.15, 0.2) is 5.78 Å². The Hall–Kier alpha value is -2.00. The second kappa shape index (κ2) is 16.9. The van der Waals surface area contributed by atoms with Crippen LogP contribution in [0.5, 0.6) is 28.7 Å². The Morgan fingerprint density at radius 2 is 1.55 bits per heavy atom. The molecule has 0 aliphatic heterocycles. The number of benzene rings is 3. The van der Waals surface area contributed by atoms with Gasteiger partial charge in [-0.05, 0) is 73.4 Å². The van der Waals surface area contributed by atoms with Gasteiger partial charge in [0.1, 0.15) is 28.7 Å². The first-order valence-electron chi connectivity index (χ1n) is 12.1. The van der Waals surface area contributed by atoms with Crippen LogP contribution in [0, 0.1) is 0 Å². The third kappa shape index (κ3) is 9.63. The van der Waals surface area contributed by atoms with Crippen molar-refractivity contribution in [2.24, 2.45) is 0 Å². The van der Waals surface area contributed by atoms with Crippen molar-refractivity contribution in [3.05, 3.63) is 76.9 Å². The van der Waals surface area contributed by atoms with Crippen molar-refractivity contribution >= 4 is 11.8 Å². The third-order valence-corrected chi connectivity index (χ3v) is 5.61. The van der Waals surface area contributed by atoms with E-state index in [9.17, 15) is 19.8 Å². The summed E-state index contributed by atoms with van der Waals surface area (Å²) in [6, 6.07) is 15.1. The van der Waals surface area contributed by atoms with Gasteiger partial charge in [-0.15, -0.1) is 0 Å². The molecule has 3 aromatic rings. The van der Waals surface area contributed by atoms with Crippen molar-refractivity contribution in [3.63, 3.8) is 0 Å². The van der Waals surface area contributed by atoms with Crippen LogP contribution >= 0.6 is 0 Å². The van der Waals surface area contributed by atoms with Gasteiger partial charge in [0, 0.05) is 12.5 Å². The van der Waals surface area contributed by atoms with Gasteiger partial charge in [0.05, 0.1) is 24.3 Å². The molecule has 0 radical (unpaired) electrons. The number of carbonyl (C=O) groups excluding carboxylic acids is 1. The summed E-state index contributed by atoms with van der Waals surface area (Å²) in [6.45, 7) is 6.32. The quantitative estimate of drug-likeness (QED) is 0.187. The van der Waals surface area contributed by atoms with Crippen LogP contribution in [0.25, 0.3) is 0 Å². The Labute approximate surface area is 271 Å². The van der Waals surface area contributed by atoms with Crippen molar-refractivity contribution in [3.8, 4) is 28.7 Å². The van der Waals surface area contributed by atoms with Gasteiger partial charge in [0.25, 0.3) is 0 Å². The standard InChI is InChI=1S/C29H32O7.2Na.2H/c1-4-8-21-15-24(36-23-10-6-9-22(16-23)29(32)33)11-12-27(21)34-13-7-14-35-28-18-26(31)25(19(3)30)17-20(28)5-2;;;;/h6,9-12,15-18,31H,4-5,7-8,13-14H2,1-3H3,(H,32,33);;;;/q;2*+1;2*-1. The third-order valence-electron chi connectivity index (χ3n) is 5.61. The minimum atomic E-state index is -1.00. The van der Waals surface area contributed by atoms with Crippen LogP contribution in [0.15, 0.2) is 54.6 Å². The van der Waals surface area contributed by atoms with Gasteiger partial charge in [-0.25, -0.2) is 4.79 Å². The summed E-state index contributed by atoms with van der Waals surface area (Å²) >= 11 is 0. The zero-order chi connectivity index (χ0) is 26.1. The summed E-state index contributed by atoms with van der Waals surface area (Å²) in [5.41, 5.74) is 2.34. The first-order chi connectivity index (χ1) is 17.3. The zero-order valence-corrected chi connectivity index (χ0v) is 26.9. The van der Waals surface area contributed by atoms with E-state index in [1.165, 1.54) is 25.1 Å². The molecule has 0 bridgehead atoms. The zero-order valence-electron chi connectivity index (χ0n) is 24.9. The molecule has 2 N–H and O–H groups in total. The molecule has 0 spiro atoms. The minimum Gasteiger partial charge on any atom is -1.00 e. The van der Waals surface area contributed by atoms with Crippen LogP contribution in [0.4, 0.5) is 0 Å². The average molecular weight is 541 g/mol. The average Bonchev–Trinajstić information content (AvgIpc) is 2.85. The van der Waals surface area contributed by atoms with E-state index in [1.54, 1.807) is 24.3 Å². The number of Topliss-reactive ketones (excluding diaryl/α,β-unsaturated/α-hetero) is 1. The molecule has 7 nitrogen and oxygen atoms in total. The molecule has 3 rings (SSSR count). The van der Waals surface area contributed by atoms with E-state index in [2.05, 4.69) is 6.92 Å². The number of carboxylic acid groups (broad SMARTS) is 1. The molecular weight excluding hydrogens is 506 g/mol. The SMILES string of the molecule is CCCc1cc(Oc2cccc(C(=O)O)c2)ccc1OCCCOc1cc(O)c(C(C)=O)cc1CC.[H-].[H-].[Na+].[Na+]. The monoisotopic (exact) mass is 540 g/mol. The van der Waals surface area contributed by atoms with E-state index in [1.807, 2.05) is 19.1 Å². The molecule has 0 aliphatic carbocycles. The number of carboxylic acids is 1. The molecule has 0 aliphatic rings. The maximum atomic E-state index is 11.7. The number of hydrogen-bond donors (Lipinski definition) is 2. The Kier molecular flexibility index (Phi) is 15.1. The van der Waals surface area contributed by atoms with Gasteiger partial charge in [-0.3, -0.25) is 4.79 Å². The van der Waals surface area contributed by atoms with E-state index in [0.29, 0.717) is 48.9 Å². The van der Waals surface area contributed by atoms with Crippen LogP contribution in [0.1, 0.15) is 68.3 Å². The summed E-state index contributed by atoms with van der Waals surface area (Å²) in [5, 5.41) is 19.3. The number of rotatable bonds is 13. The molecular formula is C29H34Na2O7. The number of hydrogen-bond acceptors (Lipinski definition) is 6. The topological polar surface area (TPSA) is 102 Å². The predicted molar refractivity (Wildman–Crippen MR) is 139 cm³/mol. The molecule has 194 valence electrons. The predicted octanol–water partition coefficient (Wildman–Crippen LogP) is 0.681. The van der Waals surface area contributed by atoms with Crippen molar-refractivity contribution < 1.29 is 96.0 Å². The molecule has 0 saturated heterocycles. The Morgan fingerprint density at radius 1 is 0.868 bits per heavy atom. The molecule has 0 aromatic heterocycles. The minimum absolute atomic E-state index is 0. The van der Waals surface area contributed by atoms with Gasteiger partial charge in [-0.2, -0.15) is 0 Å². The number of carbonyl (C=O) groups is 2. The van der Waals surface area contributed by atoms with Gasteiger partial charge in [0.2, 0.25) is 0 Å². The van der Waals surface area contributed by atoms with Gasteiger partial charge < -0.3 is 27.3 Å². The smallest absolute Gasteiger partial charge is 1.00 e. The Bertz CT molecular complexity index is 1240. The second-order valence-electron chi connectivity index (χ2n) is 8.39. The molecule has 3 aromatic carbocycles. The maximum absolute atomic E-state index is 11.7. The maximum Gasteiger partial charge on any atom is 1.00 e. The van der Waals surface area contributed by atoms with E-state index in [0.717, 1.165) is 29.7 Å². The fourth-order valence-corrected chi connectivity index (χ4v) is 3.78. The largest absolute Gasteiger partial charge is 1.00 e. The summed E-state index contributed by atoms with van der Waals surface area (Å²) < 4.78 is 17.7. The van der Waals surface area contributed by atoms with Gasteiger partial charge >= 0.3 is 65.1 Å². The number of phenols is 1. The number of ether oxygens (including phenoxy) is 3. The first-order valence-corrected chi connectivity index (χ1v) is 12.1. The molecule has 0 atom stereocenters. The number of ketones is 1. The molecule has 0 amide bonds. The normalized spacial score (nSPS) is 10.1. The molecule has 0 fully saturated rings. The van der Waals surface area contributed by atoms with E-state index < -0.39 is 5.97 Å². The van der Waals surface area contributed by atoms with Crippen molar-refractivity contribution in [1.82, 2.24) is 0 Å². The number of aromatic hydroxyl groups is 1. The van der Waals surface area contributed by atoms with Crippen LogP contribution in [0.3, 0.4) is 0 Å². The van der Waals surface area contributed by atoms with Crippen molar-refractivity contribution in [2.45, 2.75) is 46.5 Å². The van der Waals surface area contributed by atoms with Crippen molar-refractivity contribution in [2.75, 3.05) is 13.2 Å². The number of phenolic OH excluding ortho intramolecular Hbond substituents is 1. The fourth-order valence-electron chi connectivity index (χ4n) is 3.78. The summed E-state index contributed by atoms with van der Waals surface area (Å²) in [4.78, 5) is 22.9. The Balaban J connectivity index is 0. The summed E-state index contributed by atoms with van der Waals surface area (Å²) in [7, 11) is 0. The number of aryl methyl sites for hydroxylation is 2. The molecule has 0 saturated carbocycles. The van der Waals surface area contributed by atoms with Crippen LogP contribution in [-0.2, 0) is 12.8 Å².